The summed E-state index contributed by atoms with van der Waals surface area (Å²) in [6.45, 7) is 7.82. The van der Waals surface area contributed by atoms with Gasteiger partial charge in [0, 0.05) is 38.3 Å². The summed E-state index contributed by atoms with van der Waals surface area (Å²) in [5.41, 5.74) is 1.09. The predicted molar refractivity (Wildman–Crippen MR) is 127 cm³/mol. The second-order valence-electron chi connectivity index (χ2n) is 8.44. The molecule has 2 unspecified atom stereocenters. The van der Waals surface area contributed by atoms with E-state index in [2.05, 4.69) is 59.1 Å². The highest BCUT2D eigenvalue weighted by Gasteiger charge is 2.25. The summed E-state index contributed by atoms with van der Waals surface area (Å²) in [4.78, 5) is 14.4. The molecule has 0 bridgehead atoms. The number of nitrogens with one attached hydrogen (secondary N) is 2. The third-order valence-corrected chi connectivity index (χ3v) is 5.51. The first-order valence-electron chi connectivity index (χ1n) is 10.7. The van der Waals surface area contributed by atoms with Crippen LogP contribution in [0.2, 0.25) is 0 Å². The van der Waals surface area contributed by atoms with E-state index < -0.39 is 6.10 Å². The smallest absolute Gasteiger partial charge is 0.234 e. The Labute approximate surface area is 187 Å². The molecule has 2 atom stereocenters. The molecule has 0 aromatic heterocycles. The van der Waals surface area contributed by atoms with E-state index >= 15 is 0 Å². The van der Waals surface area contributed by atoms with Gasteiger partial charge in [0.25, 0.3) is 0 Å². The highest BCUT2D eigenvalue weighted by molar-refractivity contribution is 7.94. The summed E-state index contributed by atoms with van der Waals surface area (Å²) in [5, 5.41) is 17.0. The number of likely N-dealkylation sites (N-methyl/N-ethyl adjacent to an activating group) is 3. The normalized spacial score (nSPS) is 14.0. The van der Waals surface area contributed by atoms with Crippen LogP contribution in [-0.4, -0.2) is 97.6 Å². The lowest BCUT2D eigenvalue weighted by atomic mass is 10.0. The van der Waals surface area contributed by atoms with Crippen molar-refractivity contribution in [2.45, 2.75) is 32.4 Å². The predicted octanol–water partition coefficient (Wildman–Crippen LogP) is 1.31. The van der Waals surface area contributed by atoms with Gasteiger partial charge in [-0.05, 0) is 46.1 Å². The molecule has 0 aliphatic heterocycles. The maximum Gasteiger partial charge on any atom is 0.234 e. The second-order valence-corrected chi connectivity index (χ2v) is 9.74. The Kier molecular flexibility index (Phi) is 13.2. The number of rotatable bonds is 15. The van der Waals surface area contributed by atoms with Crippen molar-refractivity contribution in [3.8, 4) is 0 Å². The monoisotopic (exact) mass is 439 g/mol. The van der Waals surface area contributed by atoms with Crippen LogP contribution in [0.1, 0.15) is 19.4 Å². The van der Waals surface area contributed by atoms with Crippen molar-refractivity contribution in [2.75, 3.05) is 60.9 Å². The first kappa shape index (κ1) is 26.9. The zero-order valence-electron chi connectivity index (χ0n) is 19.5. The number of hydrogen-bond acceptors (Lipinski definition) is 7. The van der Waals surface area contributed by atoms with Crippen molar-refractivity contribution >= 4 is 18.0 Å². The molecule has 1 aromatic carbocycles. The molecular weight excluding hydrogens is 398 g/mol. The lowest BCUT2D eigenvalue weighted by molar-refractivity contribution is -0.121. The molecule has 1 rings (SSSR count). The van der Waals surface area contributed by atoms with E-state index in [9.17, 15) is 9.90 Å². The molecule has 0 heterocycles. The fourth-order valence-electron chi connectivity index (χ4n) is 3.03. The summed E-state index contributed by atoms with van der Waals surface area (Å²) in [6, 6.07) is 9.64. The number of benzene rings is 1. The number of carbonyl (C=O) groups is 1. The van der Waals surface area contributed by atoms with Crippen LogP contribution in [-0.2, 0) is 11.2 Å². The van der Waals surface area contributed by atoms with Crippen LogP contribution in [0, 0.1) is 5.92 Å². The molecule has 0 fully saturated rings. The van der Waals surface area contributed by atoms with Gasteiger partial charge in [-0.25, -0.2) is 8.61 Å². The van der Waals surface area contributed by atoms with Crippen LogP contribution in [0.4, 0.5) is 0 Å². The van der Waals surface area contributed by atoms with E-state index in [4.69, 9.17) is 0 Å². The van der Waals surface area contributed by atoms with Gasteiger partial charge in [-0.3, -0.25) is 4.79 Å². The van der Waals surface area contributed by atoms with Crippen LogP contribution in [0.3, 0.4) is 0 Å². The molecule has 1 amide bonds. The molecule has 0 saturated heterocycles. The molecule has 0 radical (unpaired) electrons. The topological polar surface area (TPSA) is 71.1 Å². The summed E-state index contributed by atoms with van der Waals surface area (Å²) in [7, 11) is 7.95. The third kappa shape index (κ3) is 11.9. The first-order chi connectivity index (χ1) is 14.2. The molecule has 8 heteroatoms. The van der Waals surface area contributed by atoms with Crippen LogP contribution in [0.5, 0.6) is 0 Å². The molecule has 172 valence electrons. The first-order valence-corrected chi connectivity index (χ1v) is 11.4. The molecule has 30 heavy (non-hydrogen) atoms. The number of nitrogens with zero attached hydrogens (tertiary/aromatic N) is 3. The van der Waals surface area contributed by atoms with Crippen LogP contribution < -0.4 is 10.6 Å². The largest absolute Gasteiger partial charge is 0.390 e. The highest BCUT2D eigenvalue weighted by Crippen LogP contribution is 2.18. The quantitative estimate of drug-likeness (QED) is 0.356. The zero-order valence-corrected chi connectivity index (χ0v) is 20.3. The molecule has 7 nitrogen and oxygen atoms in total. The zero-order chi connectivity index (χ0) is 22.5. The van der Waals surface area contributed by atoms with E-state index in [-0.39, 0.29) is 18.5 Å². The standard InChI is InChI=1S/C22H41N5O2S/c1-18(2)16-27(30-26(6)13-12-25(4)5)17-21(28)20(24-22(29)15-23-3)14-19-10-8-7-9-11-19/h7-11,18,20-21,23,28H,12-17H2,1-6H3,(H,24,29). The third-order valence-electron chi connectivity index (χ3n) is 4.52. The SMILES string of the molecule is CNCC(=O)NC(Cc1ccccc1)C(O)CN(CC(C)C)SN(C)CCN(C)C. The summed E-state index contributed by atoms with van der Waals surface area (Å²) < 4.78 is 4.40. The van der Waals surface area contributed by atoms with Crippen LogP contribution in [0.25, 0.3) is 0 Å². The number of aliphatic hydroxyl groups excluding tert-OH is 1. The molecule has 1 aromatic rings. The van der Waals surface area contributed by atoms with Crippen molar-refractivity contribution in [3.63, 3.8) is 0 Å². The van der Waals surface area contributed by atoms with E-state index in [1.54, 1.807) is 19.2 Å². The molecule has 0 aliphatic carbocycles. The minimum atomic E-state index is -0.681. The number of hydrogen-bond donors (Lipinski definition) is 3. The maximum absolute atomic E-state index is 12.2. The Bertz CT molecular complexity index is 588. The summed E-state index contributed by atoms with van der Waals surface area (Å²) >= 11 is 1.65. The average Bonchev–Trinajstić information content (AvgIpc) is 2.66. The molecule has 3 N–H and O–H groups in total. The fraction of sp³-hybridized carbons (Fsp3) is 0.682. The Hall–Kier alpha value is -1.16. The average molecular weight is 440 g/mol. The Balaban J connectivity index is 2.82. The second kappa shape index (κ2) is 14.8. The van der Waals surface area contributed by atoms with E-state index in [1.807, 2.05) is 30.3 Å². The van der Waals surface area contributed by atoms with Gasteiger partial charge in [-0.2, -0.15) is 0 Å². The Morgan fingerprint density at radius 3 is 2.33 bits per heavy atom. The molecular formula is C22H41N5O2S. The van der Waals surface area contributed by atoms with Crippen molar-refractivity contribution in [1.82, 2.24) is 24.1 Å². The van der Waals surface area contributed by atoms with Gasteiger partial charge in [-0.1, -0.05) is 44.2 Å². The van der Waals surface area contributed by atoms with Gasteiger partial charge >= 0.3 is 0 Å². The van der Waals surface area contributed by atoms with Crippen molar-refractivity contribution in [1.29, 1.82) is 0 Å². The lowest BCUT2D eigenvalue weighted by Gasteiger charge is -2.32. The Morgan fingerprint density at radius 2 is 1.77 bits per heavy atom. The molecule has 0 saturated carbocycles. The van der Waals surface area contributed by atoms with Crippen LogP contribution >= 0.6 is 12.1 Å². The van der Waals surface area contributed by atoms with E-state index in [0.29, 0.717) is 18.9 Å². The van der Waals surface area contributed by atoms with E-state index in [1.165, 1.54) is 0 Å². The minimum Gasteiger partial charge on any atom is -0.390 e. The number of amides is 1. The highest BCUT2D eigenvalue weighted by atomic mass is 32.2. The maximum atomic E-state index is 12.2. The van der Waals surface area contributed by atoms with Gasteiger partial charge in [0.05, 0.1) is 18.7 Å². The van der Waals surface area contributed by atoms with Crippen molar-refractivity contribution in [3.05, 3.63) is 35.9 Å². The van der Waals surface area contributed by atoms with Gasteiger partial charge < -0.3 is 20.6 Å². The minimum absolute atomic E-state index is 0.108. The van der Waals surface area contributed by atoms with Crippen LogP contribution in [0.15, 0.2) is 30.3 Å². The van der Waals surface area contributed by atoms with Crippen molar-refractivity contribution < 1.29 is 9.90 Å². The fourth-order valence-corrected chi connectivity index (χ4v) is 4.17. The molecule has 0 aliphatic rings. The van der Waals surface area contributed by atoms with Gasteiger partial charge in [-0.15, -0.1) is 0 Å². The van der Waals surface area contributed by atoms with Gasteiger partial charge in [0.15, 0.2) is 0 Å². The molecule has 0 spiro atoms. The van der Waals surface area contributed by atoms with Crippen molar-refractivity contribution in [2.24, 2.45) is 5.92 Å². The lowest BCUT2D eigenvalue weighted by Crippen LogP contribution is -2.51. The summed E-state index contributed by atoms with van der Waals surface area (Å²) in [6.07, 6.45) is -0.0896. The van der Waals surface area contributed by atoms with E-state index in [0.717, 1.165) is 25.2 Å². The summed E-state index contributed by atoms with van der Waals surface area (Å²) in [5.74, 6) is 0.363. The van der Waals surface area contributed by atoms with Gasteiger partial charge in [0.2, 0.25) is 5.91 Å². The Morgan fingerprint density at radius 1 is 1.10 bits per heavy atom. The number of aliphatic hydroxyl groups is 1. The number of carbonyl (C=O) groups excluding carboxylic acids is 1. The van der Waals surface area contributed by atoms with Gasteiger partial charge in [0.1, 0.15) is 0 Å².